The number of sulfonamides is 1. The van der Waals surface area contributed by atoms with Gasteiger partial charge < -0.3 is 9.73 Å². The van der Waals surface area contributed by atoms with E-state index in [9.17, 15) is 13.2 Å². The summed E-state index contributed by atoms with van der Waals surface area (Å²) in [7, 11) is -4.21. The third-order valence-corrected chi connectivity index (χ3v) is 8.25. The molecule has 0 unspecified atom stereocenters. The summed E-state index contributed by atoms with van der Waals surface area (Å²) in [4.78, 5) is 13.5. The van der Waals surface area contributed by atoms with Crippen molar-refractivity contribution in [1.29, 1.82) is 0 Å². The molecular weight excluding hydrogens is 484 g/mol. The van der Waals surface area contributed by atoms with E-state index in [-0.39, 0.29) is 11.4 Å². The molecule has 0 aliphatic carbocycles. The van der Waals surface area contributed by atoms with Crippen LogP contribution in [0.2, 0.25) is 0 Å². The van der Waals surface area contributed by atoms with E-state index >= 15 is 0 Å². The quantitative estimate of drug-likeness (QED) is 0.283. The number of nitrogens with one attached hydrogen (secondary N) is 1. The largest absolute Gasteiger partial charge is 0.456 e. The molecule has 0 saturated carbocycles. The Balaban J connectivity index is 1.52. The number of fused-ring (bicyclic) bond motifs is 4. The van der Waals surface area contributed by atoms with Crippen molar-refractivity contribution < 1.29 is 17.6 Å². The van der Waals surface area contributed by atoms with Crippen molar-refractivity contribution in [3.8, 4) is 0 Å². The van der Waals surface area contributed by atoms with E-state index in [1.807, 2.05) is 60.7 Å². The van der Waals surface area contributed by atoms with Gasteiger partial charge in [0.25, 0.3) is 15.9 Å². The average Bonchev–Trinajstić information content (AvgIpc) is 3.28. The molecule has 0 fully saturated rings. The third-order valence-electron chi connectivity index (χ3n) is 6.42. The zero-order valence-electron chi connectivity index (χ0n) is 19.7. The van der Waals surface area contributed by atoms with E-state index in [1.54, 1.807) is 36.4 Å². The van der Waals surface area contributed by atoms with Gasteiger partial charge in [-0.15, -0.1) is 6.58 Å². The molecule has 37 heavy (non-hydrogen) atoms. The van der Waals surface area contributed by atoms with Crippen LogP contribution in [0.3, 0.4) is 0 Å². The van der Waals surface area contributed by atoms with Gasteiger partial charge >= 0.3 is 0 Å². The lowest BCUT2D eigenvalue weighted by Gasteiger charge is -2.32. The van der Waals surface area contributed by atoms with Gasteiger partial charge in [0.05, 0.1) is 12.2 Å². The fourth-order valence-electron chi connectivity index (χ4n) is 4.82. The van der Waals surface area contributed by atoms with Crippen LogP contribution in [0.25, 0.3) is 27.5 Å². The first-order chi connectivity index (χ1) is 18.0. The molecule has 5 aromatic rings. The maximum Gasteiger partial charge on any atom is 0.270 e. The molecule has 0 atom stereocenters. The molecule has 2 heterocycles. The van der Waals surface area contributed by atoms with Gasteiger partial charge in [-0.2, -0.15) is 0 Å². The Hall–Kier alpha value is -4.62. The van der Waals surface area contributed by atoms with Crippen LogP contribution in [0.5, 0.6) is 0 Å². The first kappa shape index (κ1) is 22.8. The van der Waals surface area contributed by atoms with Gasteiger partial charge in [0.15, 0.2) is 4.91 Å². The first-order valence-corrected chi connectivity index (χ1v) is 13.2. The van der Waals surface area contributed by atoms with Gasteiger partial charge in [-0.25, -0.2) is 8.42 Å². The summed E-state index contributed by atoms with van der Waals surface area (Å²) < 4.78 is 35.1. The maximum atomic E-state index is 14.0. The van der Waals surface area contributed by atoms with E-state index in [4.69, 9.17) is 4.42 Å². The minimum atomic E-state index is -4.21. The number of nitrogens with zero attached hydrogens (tertiary/aromatic N) is 1. The fraction of sp³-hybridized carbons (Fsp3) is 0.0333. The second kappa shape index (κ2) is 8.80. The van der Waals surface area contributed by atoms with Gasteiger partial charge in [-0.05, 0) is 29.8 Å². The SMILES string of the molecule is C=CCN1c2ccccc2C(c2ccccc2)=C(C(=O)Nc2ccc3c(c2)oc2ccccc23)S1(=O)=O. The normalized spacial score (nSPS) is 14.5. The zero-order chi connectivity index (χ0) is 25.6. The summed E-state index contributed by atoms with van der Waals surface area (Å²) in [6.07, 6.45) is 1.51. The summed E-state index contributed by atoms with van der Waals surface area (Å²) in [5, 5.41) is 4.69. The Labute approximate surface area is 214 Å². The van der Waals surface area contributed by atoms with Crippen molar-refractivity contribution in [2.45, 2.75) is 0 Å². The van der Waals surface area contributed by atoms with Crippen LogP contribution in [-0.4, -0.2) is 20.9 Å². The van der Waals surface area contributed by atoms with Crippen molar-refractivity contribution in [3.63, 3.8) is 0 Å². The summed E-state index contributed by atoms with van der Waals surface area (Å²) in [5.41, 5.74) is 3.92. The monoisotopic (exact) mass is 506 g/mol. The number of carbonyl (C=O) groups excluding carboxylic acids is 1. The van der Waals surface area contributed by atoms with Crippen molar-refractivity contribution in [2.24, 2.45) is 0 Å². The van der Waals surface area contributed by atoms with Crippen molar-refractivity contribution >= 4 is 54.8 Å². The molecule has 4 aromatic carbocycles. The summed E-state index contributed by atoms with van der Waals surface area (Å²) >= 11 is 0. The minimum absolute atomic E-state index is 0.0309. The van der Waals surface area contributed by atoms with Gasteiger partial charge in [0.1, 0.15) is 11.2 Å². The van der Waals surface area contributed by atoms with Gasteiger partial charge in [-0.1, -0.05) is 72.8 Å². The third kappa shape index (κ3) is 3.72. The van der Waals surface area contributed by atoms with Crippen LogP contribution in [0, 0.1) is 0 Å². The highest BCUT2D eigenvalue weighted by Gasteiger charge is 2.40. The van der Waals surface area contributed by atoms with Gasteiger partial charge in [0.2, 0.25) is 0 Å². The predicted octanol–water partition coefficient (Wildman–Crippen LogP) is 6.32. The second-order valence-corrected chi connectivity index (χ2v) is 10.5. The molecule has 0 bridgehead atoms. The summed E-state index contributed by atoms with van der Waals surface area (Å²) in [6.45, 7) is 3.75. The predicted molar refractivity (Wildman–Crippen MR) is 148 cm³/mol. The minimum Gasteiger partial charge on any atom is -0.456 e. The van der Waals surface area contributed by atoms with E-state index < -0.39 is 15.9 Å². The molecule has 1 aliphatic heterocycles. The number of anilines is 2. The Kier molecular flexibility index (Phi) is 5.43. The van der Waals surface area contributed by atoms with Crippen LogP contribution in [0.4, 0.5) is 11.4 Å². The number of benzene rings is 4. The Bertz CT molecular complexity index is 1840. The molecule has 7 heteroatoms. The molecule has 1 aliphatic rings. The fourth-order valence-corrected chi connectivity index (χ4v) is 6.53. The molecule has 182 valence electrons. The molecular formula is C30H22N2O4S. The summed E-state index contributed by atoms with van der Waals surface area (Å²) in [6, 6.07) is 29.3. The number of amides is 1. The highest BCUT2D eigenvalue weighted by Crippen LogP contribution is 2.43. The molecule has 1 amide bonds. The van der Waals surface area contributed by atoms with Crippen LogP contribution in [0.1, 0.15) is 11.1 Å². The molecule has 0 spiro atoms. The standard InChI is InChI=1S/C30H22N2O4S/c1-2-18-32-25-14-8-6-13-24(25)28(20-10-4-3-5-11-20)29(37(32,34)35)30(33)31-21-16-17-23-22-12-7-9-15-26(22)36-27(23)19-21/h2-17,19H,1,18H2,(H,31,33). The average molecular weight is 507 g/mol. The van der Waals surface area contributed by atoms with Crippen molar-refractivity contribution in [2.75, 3.05) is 16.2 Å². The smallest absolute Gasteiger partial charge is 0.270 e. The highest BCUT2D eigenvalue weighted by atomic mass is 32.2. The molecule has 6 rings (SSSR count). The Morgan fingerprint density at radius 3 is 2.38 bits per heavy atom. The van der Waals surface area contributed by atoms with Crippen LogP contribution < -0.4 is 9.62 Å². The van der Waals surface area contributed by atoms with Crippen LogP contribution in [0.15, 0.2) is 119 Å². The van der Waals surface area contributed by atoms with E-state index in [1.165, 1.54) is 10.4 Å². The topological polar surface area (TPSA) is 79.6 Å². The van der Waals surface area contributed by atoms with E-state index in [0.29, 0.717) is 33.7 Å². The molecule has 1 N–H and O–H groups in total. The highest BCUT2D eigenvalue weighted by molar-refractivity contribution is 7.97. The van der Waals surface area contributed by atoms with Crippen molar-refractivity contribution in [1.82, 2.24) is 0 Å². The number of hydrogen-bond acceptors (Lipinski definition) is 4. The van der Waals surface area contributed by atoms with E-state index in [0.717, 1.165) is 16.4 Å². The number of furan rings is 1. The second-order valence-electron chi connectivity index (χ2n) is 8.68. The maximum absolute atomic E-state index is 14.0. The van der Waals surface area contributed by atoms with Gasteiger partial charge in [-0.3, -0.25) is 9.10 Å². The zero-order valence-corrected chi connectivity index (χ0v) is 20.5. The number of rotatable bonds is 5. The molecule has 0 radical (unpaired) electrons. The Morgan fingerprint density at radius 1 is 0.865 bits per heavy atom. The molecule has 6 nitrogen and oxygen atoms in total. The molecule has 1 aromatic heterocycles. The Morgan fingerprint density at radius 2 is 1.57 bits per heavy atom. The molecule has 0 saturated heterocycles. The lowest BCUT2D eigenvalue weighted by atomic mass is 9.95. The van der Waals surface area contributed by atoms with Crippen LogP contribution >= 0.6 is 0 Å². The summed E-state index contributed by atoms with van der Waals surface area (Å²) in [5.74, 6) is -0.724. The van der Waals surface area contributed by atoms with Crippen LogP contribution in [-0.2, 0) is 14.8 Å². The first-order valence-electron chi connectivity index (χ1n) is 11.7. The number of carbonyl (C=O) groups is 1. The van der Waals surface area contributed by atoms with Crippen molar-refractivity contribution in [3.05, 3.63) is 126 Å². The van der Waals surface area contributed by atoms with E-state index in [2.05, 4.69) is 11.9 Å². The van der Waals surface area contributed by atoms with Gasteiger partial charge in [0, 0.05) is 33.7 Å². The number of para-hydroxylation sites is 2. The lowest BCUT2D eigenvalue weighted by Crippen LogP contribution is -2.39. The number of hydrogen-bond donors (Lipinski definition) is 1. The lowest BCUT2D eigenvalue weighted by molar-refractivity contribution is -0.112.